The molecule has 0 saturated carbocycles. The summed E-state index contributed by atoms with van der Waals surface area (Å²) in [6.07, 6.45) is 4.99. The second kappa shape index (κ2) is 11.2. The topological polar surface area (TPSA) is 66.4 Å². The highest BCUT2D eigenvalue weighted by Crippen LogP contribution is 2.11. The van der Waals surface area contributed by atoms with Crippen molar-refractivity contribution >= 4 is 11.8 Å². The maximum absolute atomic E-state index is 13.2. The molecular weight excluding hydrogens is 371 g/mol. The van der Waals surface area contributed by atoms with Crippen molar-refractivity contribution in [3.05, 3.63) is 59.4 Å². The molecule has 0 radical (unpaired) electrons. The number of aryl methyl sites for hydroxylation is 1. The van der Waals surface area contributed by atoms with Gasteiger partial charge in [0.2, 0.25) is 5.91 Å². The Kier molecular flexibility index (Phi) is 8.70. The molecule has 6 nitrogen and oxygen atoms in total. The second-order valence-corrected chi connectivity index (χ2v) is 7.03. The van der Waals surface area contributed by atoms with Crippen LogP contribution in [-0.2, 0) is 11.3 Å². The first-order chi connectivity index (χ1) is 13.9. The van der Waals surface area contributed by atoms with Crippen molar-refractivity contribution in [1.82, 2.24) is 19.8 Å². The molecular formula is C22H29FN4O2. The van der Waals surface area contributed by atoms with Crippen LogP contribution in [0.2, 0.25) is 0 Å². The van der Waals surface area contributed by atoms with Crippen LogP contribution in [0.4, 0.5) is 4.39 Å². The first-order valence-electron chi connectivity index (χ1n) is 10.0. The number of halogens is 1. The van der Waals surface area contributed by atoms with Gasteiger partial charge < -0.3 is 9.80 Å². The third-order valence-corrected chi connectivity index (χ3v) is 4.51. The Morgan fingerprint density at radius 3 is 2.14 bits per heavy atom. The number of hydrogen-bond donors (Lipinski definition) is 0. The van der Waals surface area contributed by atoms with Crippen molar-refractivity contribution in [2.24, 2.45) is 0 Å². The van der Waals surface area contributed by atoms with E-state index in [0.717, 1.165) is 24.1 Å². The van der Waals surface area contributed by atoms with Crippen molar-refractivity contribution in [2.45, 2.75) is 46.6 Å². The molecule has 7 heteroatoms. The molecule has 0 spiro atoms. The fourth-order valence-electron chi connectivity index (χ4n) is 3.02. The van der Waals surface area contributed by atoms with Gasteiger partial charge in [-0.15, -0.1) is 0 Å². The number of nitrogens with zero attached hydrogens (tertiary/aromatic N) is 4. The standard InChI is InChI=1S/C22H29FN4O2/c1-4-11-26(12-5-2)21(28)10-13-27(16-18-6-8-19(23)9-7-18)22(29)20-15-24-17(3)14-25-20/h6-9,14-15H,4-5,10-13,16H2,1-3H3. The van der Waals surface area contributed by atoms with E-state index in [0.29, 0.717) is 13.1 Å². The van der Waals surface area contributed by atoms with Crippen LogP contribution in [0.3, 0.4) is 0 Å². The zero-order valence-corrected chi connectivity index (χ0v) is 17.4. The Morgan fingerprint density at radius 1 is 0.931 bits per heavy atom. The van der Waals surface area contributed by atoms with Crippen LogP contribution < -0.4 is 0 Å². The summed E-state index contributed by atoms with van der Waals surface area (Å²) < 4.78 is 13.2. The highest BCUT2D eigenvalue weighted by Gasteiger charge is 2.20. The van der Waals surface area contributed by atoms with Gasteiger partial charge in [-0.1, -0.05) is 26.0 Å². The fourth-order valence-corrected chi connectivity index (χ4v) is 3.02. The van der Waals surface area contributed by atoms with Crippen LogP contribution >= 0.6 is 0 Å². The Balaban J connectivity index is 2.14. The lowest BCUT2D eigenvalue weighted by atomic mass is 10.2. The number of rotatable bonds is 10. The van der Waals surface area contributed by atoms with E-state index in [1.807, 2.05) is 18.7 Å². The van der Waals surface area contributed by atoms with Gasteiger partial charge in [0, 0.05) is 38.8 Å². The van der Waals surface area contributed by atoms with Gasteiger partial charge in [0.25, 0.3) is 5.91 Å². The van der Waals surface area contributed by atoms with Gasteiger partial charge in [0.1, 0.15) is 11.5 Å². The van der Waals surface area contributed by atoms with E-state index in [2.05, 4.69) is 9.97 Å². The molecule has 0 aliphatic heterocycles. The Labute approximate surface area is 171 Å². The molecule has 0 bridgehead atoms. The number of carbonyl (C=O) groups is 2. The molecule has 0 atom stereocenters. The van der Waals surface area contributed by atoms with Gasteiger partial charge in [0.05, 0.1) is 11.9 Å². The Bertz CT molecular complexity index is 787. The Hall–Kier alpha value is -2.83. The van der Waals surface area contributed by atoms with Crippen LogP contribution in [-0.4, -0.2) is 51.2 Å². The summed E-state index contributed by atoms with van der Waals surface area (Å²) in [7, 11) is 0. The number of hydrogen-bond acceptors (Lipinski definition) is 4. The highest BCUT2D eigenvalue weighted by molar-refractivity contribution is 5.92. The average Bonchev–Trinajstić information content (AvgIpc) is 2.72. The summed E-state index contributed by atoms with van der Waals surface area (Å²) in [4.78, 5) is 37.3. The third-order valence-electron chi connectivity index (χ3n) is 4.51. The van der Waals surface area contributed by atoms with Crippen molar-refractivity contribution in [3.8, 4) is 0 Å². The molecule has 2 aromatic rings. The summed E-state index contributed by atoms with van der Waals surface area (Å²) in [5.74, 6) is -0.603. The first kappa shape index (κ1) is 22.5. The van der Waals surface area contributed by atoms with E-state index in [4.69, 9.17) is 0 Å². The molecule has 2 rings (SSSR count). The van der Waals surface area contributed by atoms with Crippen molar-refractivity contribution in [2.75, 3.05) is 19.6 Å². The van der Waals surface area contributed by atoms with Gasteiger partial charge in [-0.25, -0.2) is 9.37 Å². The maximum atomic E-state index is 13.2. The molecule has 29 heavy (non-hydrogen) atoms. The van der Waals surface area contributed by atoms with Gasteiger partial charge in [0.15, 0.2) is 0 Å². The quantitative estimate of drug-likeness (QED) is 0.611. The zero-order chi connectivity index (χ0) is 21.2. The second-order valence-electron chi connectivity index (χ2n) is 7.03. The monoisotopic (exact) mass is 400 g/mol. The zero-order valence-electron chi connectivity index (χ0n) is 17.4. The lowest BCUT2D eigenvalue weighted by Gasteiger charge is -2.25. The number of aromatic nitrogens is 2. The molecule has 1 aromatic carbocycles. The number of benzene rings is 1. The minimum Gasteiger partial charge on any atom is -0.343 e. The molecule has 0 unspecified atom stereocenters. The number of carbonyl (C=O) groups excluding carboxylic acids is 2. The van der Waals surface area contributed by atoms with E-state index in [1.54, 1.807) is 30.2 Å². The van der Waals surface area contributed by atoms with Crippen LogP contribution in [0.15, 0.2) is 36.7 Å². The molecule has 1 heterocycles. The lowest BCUT2D eigenvalue weighted by Crippen LogP contribution is -2.38. The predicted octanol–water partition coefficient (Wildman–Crippen LogP) is 3.61. The average molecular weight is 400 g/mol. The van der Waals surface area contributed by atoms with Crippen molar-refractivity contribution in [1.29, 1.82) is 0 Å². The van der Waals surface area contributed by atoms with Crippen LogP contribution in [0.5, 0.6) is 0 Å². The summed E-state index contributed by atoms with van der Waals surface area (Å²) in [5, 5.41) is 0. The van der Waals surface area contributed by atoms with Crippen molar-refractivity contribution < 1.29 is 14.0 Å². The summed E-state index contributed by atoms with van der Waals surface area (Å²) in [6.45, 7) is 7.82. The normalized spacial score (nSPS) is 10.6. The van der Waals surface area contributed by atoms with Gasteiger partial charge in [-0.3, -0.25) is 14.6 Å². The molecule has 156 valence electrons. The van der Waals surface area contributed by atoms with E-state index in [-0.39, 0.29) is 42.8 Å². The van der Waals surface area contributed by atoms with E-state index < -0.39 is 0 Å². The largest absolute Gasteiger partial charge is 0.343 e. The third kappa shape index (κ3) is 6.93. The van der Waals surface area contributed by atoms with Gasteiger partial charge >= 0.3 is 0 Å². The molecule has 0 fully saturated rings. The summed E-state index contributed by atoms with van der Waals surface area (Å²) >= 11 is 0. The van der Waals surface area contributed by atoms with Gasteiger partial charge in [-0.05, 0) is 37.5 Å². The minimum atomic E-state index is -0.332. The lowest BCUT2D eigenvalue weighted by molar-refractivity contribution is -0.131. The van der Waals surface area contributed by atoms with Crippen LogP contribution in [0, 0.1) is 12.7 Å². The Morgan fingerprint density at radius 2 is 1.59 bits per heavy atom. The minimum absolute atomic E-state index is 0.0283. The molecule has 0 saturated heterocycles. The van der Waals surface area contributed by atoms with Crippen LogP contribution in [0.25, 0.3) is 0 Å². The smallest absolute Gasteiger partial charge is 0.274 e. The molecule has 0 aliphatic carbocycles. The SMILES string of the molecule is CCCN(CCC)C(=O)CCN(Cc1ccc(F)cc1)C(=O)c1cnc(C)cn1. The molecule has 0 N–H and O–H groups in total. The maximum Gasteiger partial charge on any atom is 0.274 e. The highest BCUT2D eigenvalue weighted by atomic mass is 19.1. The fraction of sp³-hybridized carbons (Fsp3) is 0.455. The summed E-state index contributed by atoms with van der Waals surface area (Å²) in [5.41, 5.74) is 1.73. The molecule has 1 aromatic heterocycles. The molecule has 2 amide bonds. The van der Waals surface area contributed by atoms with E-state index in [1.165, 1.54) is 18.3 Å². The summed E-state index contributed by atoms with van der Waals surface area (Å²) in [6, 6.07) is 6.00. The predicted molar refractivity (Wildman–Crippen MR) is 110 cm³/mol. The van der Waals surface area contributed by atoms with Gasteiger partial charge in [-0.2, -0.15) is 0 Å². The number of amides is 2. The van der Waals surface area contributed by atoms with Crippen molar-refractivity contribution in [3.63, 3.8) is 0 Å². The van der Waals surface area contributed by atoms with Crippen LogP contribution in [0.1, 0.15) is 54.9 Å². The van der Waals surface area contributed by atoms with E-state index >= 15 is 0 Å². The molecule has 0 aliphatic rings. The van der Waals surface area contributed by atoms with E-state index in [9.17, 15) is 14.0 Å². The first-order valence-corrected chi connectivity index (χ1v) is 10.0.